The largest absolute Gasteiger partial charge is 0.370 e. The quantitative estimate of drug-likeness (QED) is 0.527. The highest BCUT2D eigenvalue weighted by molar-refractivity contribution is 7.99. The maximum atomic E-state index is 5.99. The molecule has 1 heterocycles. The molecule has 0 aromatic carbocycles. The summed E-state index contributed by atoms with van der Waals surface area (Å²) in [6.45, 7) is 2.15. The highest BCUT2D eigenvalue weighted by Crippen LogP contribution is 2.21. The second-order valence-corrected chi connectivity index (χ2v) is 5.25. The van der Waals surface area contributed by atoms with Gasteiger partial charge in [0.25, 0.3) is 0 Å². The van der Waals surface area contributed by atoms with E-state index in [0.29, 0.717) is 6.04 Å². The summed E-state index contributed by atoms with van der Waals surface area (Å²) in [6, 6.07) is 0.518. The molecule has 80 valence electrons. The van der Waals surface area contributed by atoms with E-state index in [0.717, 1.165) is 19.0 Å². The van der Waals surface area contributed by atoms with Crippen molar-refractivity contribution in [2.24, 2.45) is 10.7 Å². The Kier molecular flexibility index (Phi) is 3.56. The minimum absolute atomic E-state index is 0.518. The van der Waals surface area contributed by atoms with Crippen LogP contribution in [0.25, 0.3) is 0 Å². The molecular weight excluding hydrogens is 194 g/mol. The summed E-state index contributed by atoms with van der Waals surface area (Å²) in [4.78, 5) is 6.84. The molecule has 2 N–H and O–H groups in total. The Morgan fingerprint density at radius 3 is 2.50 bits per heavy atom. The van der Waals surface area contributed by atoms with Crippen LogP contribution in [0.15, 0.2) is 4.99 Å². The molecule has 0 radical (unpaired) electrons. The first-order valence-electron chi connectivity index (χ1n) is 5.52. The topological polar surface area (TPSA) is 41.6 Å². The summed E-state index contributed by atoms with van der Waals surface area (Å²) in [7, 11) is 0. The van der Waals surface area contributed by atoms with Crippen LogP contribution in [0.5, 0.6) is 0 Å². The average Bonchev–Trinajstić information content (AvgIpc) is 2.72. The van der Waals surface area contributed by atoms with Crippen molar-refractivity contribution in [2.45, 2.75) is 31.7 Å². The number of nitrogens with two attached hydrogens (primary N) is 1. The van der Waals surface area contributed by atoms with Gasteiger partial charge < -0.3 is 10.6 Å². The van der Waals surface area contributed by atoms with Gasteiger partial charge in [-0.05, 0) is 12.8 Å². The second-order valence-electron chi connectivity index (χ2n) is 4.02. The van der Waals surface area contributed by atoms with E-state index >= 15 is 0 Å². The fourth-order valence-corrected chi connectivity index (χ4v) is 3.00. The molecule has 1 saturated heterocycles. The number of thioether (sulfide) groups is 1. The predicted molar refractivity (Wildman–Crippen MR) is 62.8 cm³/mol. The molecule has 1 saturated carbocycles. The van der Waals surface area contributed by atoms with Gasteiger partial charge in [-0.1, -0.05) is 12.8 Å². The van der Waals surface area contributed by atoms with Crippen LogP contribution in [-0.4, -0.2) is 41.5 Å². The third-order valence-electron chi connectivity index (χ3n) is 2.97. The molecule has 0 unspecified atom stereocenters. The monoisotopic (exact) mass is 213 g/mol. The number of hydrogen-bond donors (Lipinski definition) is 1. The van der Waals surface area contributed by atoms with Gasteiger partial charge in [0.15, 0.2) is 5.96 Å². The Balaban J connectivity index is 1.87. The van der Waals surface area contributed by atoms with Crippen LogP contribution in [0.2, 0.25) is 0 Å². The van der Waals surface area contributed by atoms with Gasteiger partial charge in [0, 0.05) is 24.6 Å². The first-order valence-corrected chi connectivity index (χ1v) is 6.68. The van der Waals surface area contributed by atoms with E-state index in [1.54, 1.807) is 0 Å². The molecule has 0 spiro atoms. The first-order chi connectivity index (χ1) is 6.86. The number of rotatable bonds is 1. The Morgan fingerprint density at radius 1 is 1.21 bits per heavy atom. The summed E-state index contributed by atoms with van der Waals surface area (Å²) in [5, 5.41) is 0. The van der Waals surface area contributed by atoms with Crippen LogP contribution >= 0.6 is 11.8 Å². The third-order valence-corrected chi connectivity index (χ3v) is 3.92. The Morgan fingerprint density at radius 2 is 1.86 bits per heavy atom. The Hall–Kier alpha value is -0.380. The minimum atomic E-state index is 0.518. The lowest BCUT2D eigenvalue weighted by molar-refractivity contribution is 0.452. The number of guanidine groups is 1. The average molecular weight is 213 g/mol. The Bertz CT molecular complexity index is 205. The van der Waals surface area contributed by atoms with Crippen molar-refractivity contribution in [1.82, 2.24) is 4.90 Å². The summed E-state index contributed by atoms with van der Waals surface area (Å²) in [6.07, 6.45) is 5.14. The highest BCUT2D eigenvalue weighted by Gasteiger charge is 2.17. The van der Waals surface area contributed by atoms with Crippen molar-refractivity contribution in [2.75, 3.05) is 24.6 Å². The molecule has 14 heavy (non-hydrogen) atoms. The molecule has 2 aliphatic rings. The maximum absolute atomic E-state index is 5.99. The molecule has 0 amide bonds. The van der Waals surface area contributed by atoms with Gasteiger partial charge in [0.1, 0.15) is 0 Å². The molecule has 3 nitrogen and oxygen atoms in total. The number of hydrogen-bond acceptors (Lipinski definition) is 2. The molecule has 2 rings (SSSR count). The van der Waals surface area contributed by atoms with Gasteiger partial charge in [-0.25, -0.2) is 4.99 Å². The molecule has 0 aromatic heterocycles. The van der Waals surface area contributed by atoms with Gasteiger partial charge in [-0.15, -0.1) is 0 Å². The summed E-state index contributed by atoms with van der Waals surface area (Å²) < 4.78 is 0. The fourth-order valence-electron chi connectivity index (χ4n) is 2.09. The molecule has 1 aliphatic carbocycles. The Labute approximate surface area is 90.1 Å². The fraction of sp³-hybridized carbons (Fsp3) is 0.900. The zero-order valence-electron chi connectivity index (χ0n) is 8.61. The van der Waals surface area contributed by atoms with Crippen LogP contribution in [0, 0.1) is 0 Å². The number of nitrogens with zero attached hydrogens (tertiary/aromatic N) is 2. The molecule has 1 aliphatic heterocycles. The van der Waals surface area contributed by atoms with Crippen LogP contribution in [-0.2, 0) is 0 Å². The van der Waals surface area contributed by atoms with E-state index in [9.17, 15) is 0 Å². The van der Waals surface area contributed by atoms with Crippen molar-refractivity contribution >= 4 is 17.7 Å². The van der Waals surface area contributed by atoms with Crippen molar-refractivity contribution in [3.8, 4) is 0 Å². The normalized spacial score (nSPS) is 25.7. The molecule has 4 heteroatoms. The maximum Gasteiger partial charge on any atom is 0.191 e. The molecule has 0 aromatic rings. The lowest BCUT2D eigenvalue weighted by Gasteiger charge is -2.27. The van der Waals surface area contributed by atoms with E-state index in [-0.39, 0.29) is 0 Å². The van der Waals surface area contributed by atoms with Crippen LogP contribution in [0.1, 0.15) is 25.7 Å². The van der Waals surface area contributed by atoms with Gasteiger partial charge in [0.2, 0.25) is 0 Å². The van der Waals surface area contributed by atoms with Crippen LogP contribution in [0.4, 0.5) is 0 Å². The second kappa shape index (κ2) is 4.91. The van der Waals surface area contributed by atoms with E-state index in [4.69, 9.17) is 5.73 Å². The van der Waals surface area contributed by atoms with Gasteiger partial charge in [-0.3, -0.25) is 0 Å². The van der Waals surface area contributed by atoms with E-state index < -0.39 is 0 Å². The molecule has 2 fully saturated rings. The van der Waals surface area contributed by atoms with Crippen LogP contribution < -0.4 is 5.73 Å². The lowest BCUT2D eigenvalue weighted by atomic mass is 10.3. The smallest absolute Gasteiger partial charge is 0.191 e. The van der Waals surface area contributed by atoms with Gasteiger partial charge in [-0.2, -0.15) is 11.8 Å². The SMILES string of the molecule is NC(=NC1CCCC1)N1CCSCC1. The van der Waals surface area contributed by atoms with E-state index in [1.807, 2.05) is 11.8 Å². The lowest BCUT2D eigenvalue weighted by Crippen LogP contribution is -2.43. The summed E-state index contributed by atoms with van der Waals surface area (Å²) in [5.41, 5.74) is 5.99. The zero-order valence-corrected chi connectivity index (χ0v) is 9.43. The molecule has 0 bridgehead atoms. The van der Waals surface area contributed by atoms with E-state index in [1.165, 1.54) is 37.2 Å². The first kappa shape index (κ1) is 10.1. The van der Waals surface area contributed by atoms with Gasteiger partial charge >= 0.3 is 0 Å². The van der Waals surface area contributed by atoms with Crippen LogP contribution in [0.3, 0.4) is 0 Å². The van der Waals surface area contributed by atoms with Crippen molar-refractivity contribution in [3.63, 3.8) is 0 Å². The minimum Gasteiger partial charge on any atom is -0.370 e. The molecule has 0 atom stereocenters. The summed E-state index contributed by atoms with van der Waals surface area (Å²) >= 11 is 2.01. The van der Waals surface area contributed by atoms with Crippen molar-refractivity contribution in [3.05, 3.63) is 0 Å². The molecular formula is C10H19N3S. The summed E-state index contributed by atoms with van der Waals surface area (Å²) in [5.74, 6) is 3.18. The highest BCUT2D eigenvalue weighted by atomic mass is 32.2. The standard InChI is InChI=1S/C10H19N3S/c11-10(12-9-3-1-2-4-9)13-5-7-14-8-6-13/h9H,1-8H2,(H2,11,12). The van der Waals surface area contributed by atoms with Crippen molar-refractivity contribution < 1.29 is 0 Å². The van der Waals surface area contributed by atoms with Gasteiger partial charge in [0.05, 0.1) is 6.04 Å². The van der Waals surface area contributed by atoms with E-state index in [2.05, 4.69) is 9.89 Å². The zero-order chi connectivity index (χ0) is 9.80. The predicted octanol–water partition coefficient (Wildman–Crippen LogP) is 1.29. The third kappa shape index (κ3) is 2.56. The van der Waals surface area contributed by atoms with Crippen molar-refractivity contribution in [1.29, 1.82) is 0 Å². The number of aliphatic imine (C=N–C) groups is 1.